The van der Waals surface area contributed by atoms with Gasteiger partial charge in [0.2, 0.25) is 0 Å². The van der Waals surface area contributed by atoms with E-state index in [2.05, 4.69) is 10.1 Å². The molecule has 0 unspecified atom stereocenters. The number of pyridine rings is 1. The second-order valence-electron chi connectivity index (χ2n) is 4.92. The van der Waals surface area contributed by atoms with Gasteiger partial charge in [0.1, 0.15) is 22.9 Å². The predicted octanol–water partition coefficient (Wildman–Crippen LogP) is 4.37. The summed E-state index contributed by atoms with van der Waals surface area (Å²) in [6.45, 7) is 3.67. The minimum Gasteiger partial charge on any atom is -0.466 e. The molecule has 3 aromatic rings. The average Bonchev–Trinajstić information content (AvgIpc) is 3.05. The third-order valence-electron chi connectivity index (χ3n) is 3.26. The molecule has 0 aliphatic carbocycles. The molecule has 7 heteroatoms. The Kier molecular flexibility index (Phi) is 3.27. The molecule has 0 aromatic carbocycles. The number of rotatable bonds is 2. The predicted molar refractivity (Wildman–Crippen MR) is 74.0 cm³/mol. The molecular formula is C15H12F3N3O. The number of H-pyrrole nitrogens is 1. The Morgan fingerprint density at radius 1 is 1.09 bits per heavy atom. The zero-order chi connectivity index (χ0) is 15.9. The van der Waals surface area contributed by atoms with E-state index in [0.717, 1.165) is 28.7 Å². The lowest BCUT2D eigenvalue weighted by atomic mass is 10.1. The normalized spacial score (nSPS) is 11.9. The second kappa shape index (κ2) is 5.01. The first-order valence-electron chi connectivity index (χ1n) is 6.51. The zero-order valence-corrected chi connectivity index (χ0v) is 11.8. The van der Waals surface area contributed by atoms with Gasteiger partial charge in [-0.2, -0.15) is 18.3 Å². The number of hydrogen-bond donors (Lipinski definition) is 1. The number of aromatic nitrogens is 3. The van der Waals surface area contributed by atoms with Crippen molar-refractivity contribution in [3.63, 3.8) is 0 Å². The molecule has 4 nitrogen and oxygen atoms in total. The van der Waals surface area contributed by atoms with E-state index < -0.39 is 11.9 Å². The summed E-state index contributed by atoms with van der Waals surface area (Å²) >= 11 is 0. The number of nitrogens with one attached hydrogen (secondary N) is 1. The minimum atomic E-state index is -4.46. The van der Waals surface area contributed by atoms with E-state index in [9.17, 15) is 13.2 Å². The second-order valence-corrected chi connectivity index (χ2v) is 4.92. The summed E-state index contributed by atoms with van der Waals surface area (Å²) in [4.78, 5) is 4.09. The lowest BCUT2D eigenvalue weighted by Gasteiger charge is -2.02. The number of furan rings is 1. The van der Waals surface area contributed by atoms with Gasteiger partial charge in [-0.25, -0.2) is 0 Å². The SMILES string of the molecule is Cc1cc(-c2ccnc(-c3cc(C(F)(F)F)[nH]n3)c2)c(C)o1. The molecule has 0 amide bonds. The highest BCUT2D eigenvalue weighted by molar-refractivity contribution is 5.70. The third kappa shape index (κ3) is 2.61. The molecule has 0 saturated heterocycles. The van der Waals surface area contributed by atoms with Gasteiger partial charge < -0.3 is 4.42 Å². The smallest absolute Gasteiger partial charge is 0.432 e. The van der Waals surface area contributed by atoms with Crippen molar-refractivity contribution in [2.24, 2.45) is 0 Å². The molecule has 3 heterocycles. The van der Waals surface area contributed by atoms with Crippen LogP contribution in [-0.4, -0.2) is 15.2 Å². The lowest BCUT2D eigenvalue weighted by molar-refractivity contribution is -0.141. The van der Waals surface area contributed by atoms with Crippen LogP contribution in [-0.2, 0) is 6.18 Å². The summed E-state index contributed by atoms with van der Waals surface area (Å²) in [5.74, 6) is 1.51. The van der Waals surface area contributed by atoms with E-state index in [1.165, 1.54) is 6.20 Å². The fraction of sp³-hybridized carbons (Fsp3) is 0.200. The summed E-state index contributed by atoms with van der Waals surface area (Å²) in [5, 5.41) is 5.67. The van der Waals surface area contributed by atoms with Crippen molar-refractivity contribution >= 4 is 0 Å². The lowest BCUT2D eigenvalue weighted by Crippen LogP contribution is -2.04. The van der Waals surface area contributed by atoms with Gasteiger partial charge in [-0.15, -0.1) is 0 Å². The summed E-state index contributed by atoms with van der Waals surface area (Å²) < 4.78 is 43.3. The van der Waals surface area contributed by atoms with Crippen molar-refractivity contribution < 1.29 is 17.6 Å². The van der Waals surface area contributed by atoms with Gasteiger partial charge in [0, 0.05) is 11.8 Å². The molecule has 1 N–H and O–H groups in total. The van der Waals surface area contributed by atoms with Gasteiger partial charge in [-0.3, -0.25) is 10.1 Å². The maximum Gasteiger partial charge on any atom is 0.432 e. The van der Waals surface area contributed by atoms with Gasteiger partial charge in [-0.05, 0) is 43.7 Å². The van der Waals surface area contributed by atoms with Crippen molar-refractivity contribution in [1.29, 1.82) is 0 Å². The standard InChI is InChI=1S/C15H12F3N3O/c1-8-5-11(9(2)22-8)10-3-4-19-12(6-10)13-7-14(21-20-13)15(16,17)18/h3-7H,1-2H3,(H,20,21). The maximum atomic E-state index is 12.6. The largest absolute Gasteiger partial charge is 0.466 e. The van der Waals surface area contributed by atoms with Crippen LogP contribution in [0.25, 0.3) is 22.5 Å². The minimum absolute atomic E-state index is 0.145. The molecule has 114 valence electrons. The van der Waals surface area contributed by atoms with Crippen molar-refractivity contribution in [2.45, 2.75) is 20.0 Å². The number of aromatic amines is 1. The van der Waals surface area contributed by atoms with Crippen LogP contribution in [0.1, 0.15) is 17.2 Å². The average molecular weight is 307 g/mol. The molecular weight excluding hydrogens is 295 g/mol. The molecule has 0 atom stereocenters. The van der Waals surface area contributed by atoms with Crippen LogP contribution in [0.15, 0.2) is 34.9 Å². The van der Waals surface area contributed by atoms with Crippen LogP contribution in [0, 0.1) is 13.8 Å². The van der Waals surface area contributed by atoms with E-state index in [1.807, 2.05) is 25.0 Å². The van der Waals surface area contributed by atoms with E-state index in [1.54, 1.807) is 12.1 Å². The number of alkyl halides is 3. The molecule has 0 fully saturated rings. The monoisotopic (exact) mass is 307 g/mol. The number of nitrogens with zero attached hydrogens (tertiary/aromatic N) is 2. The Hall–Kier alpha value is -2.57. The van der Waals surface area contributed by atoms with Gasteiger partial charge >= 0.3 is 6.18 Å². The van der Waals surface area contributed by atoms with E-state index in [-0.39, 0.29) is 5.69 Å². The quantitative estimate of drug-likeness (QED) is 0.765. The first-order valence-corrected chi connectivity index (χ1v) is 6.51. The first kappa shape index (κ1) is 14.4. The molecule has 0 bridgehead atoms. The molecule has 3 aromatic heterocycles. The highest BCUT2D eigenvalue weighted by atomic mass is 19.4. The fourth-order valence-electron chi connectivity index (χ4n) is 2.25. The number of halogens is 3. The highest BCUT2D eigenvalue weighted by Gasteiger charge is 2.33. The Bertz CT molecular complexity index is 818. The van der Waals surface area contributed by atoms with Crippen LogP contribution in [0.3, 0.4) is 0 Å². The third-order valence-corrected chi connectivity index (χ3v) is 3.26. The van der Waals surface area contributed by atoms with Gasteiger partial charge in [0.15, 0.2) is 0 Å². The topological polar surface area (TPSA) is 54.7 Å². The van der Waals surface area contributed by atoms with Gasteiger partial charge in [0.25, 0.3) is 0 Å². The molecule has 0 saturated carbocycles. The van der Waals surface area contributed by atoms with E-state index in [4.69, 9.17) is 4.42 Å². The molecule has 22 heavy (non-hydrogen) atoms. The first-order chi connectivity index (χ1) is 10.3. The number of hydrogen-bond acceptors (Lipinski definition) is 3. The summed E-state index contributed by atoms with van der Waals surface area (Å²) in [7, 11) is 0. The van der Waals surface area contributed by atoms with E-state index in [0.29, 0.717) is 5.69 Å². The number of aryl methyl sites for hydroxylation is 2. The Balaban J connectivity index is 2.01. The van der Waals surface area contributed by atoms with Crippen LogP contribution in [0.5, 0.6) is 0 Å². The summed E-state index contributed by atoms with van der Waals surface area (Å²) in [5.41, 5.74) is 1.31. The van der Waals surface area contributed by atoms with Gasteiger partial charge in [-0.1, -0.05) is 0 Å². The molecule has 0 radical (unpaired) electrons. The summed E-state index contributed by atoms with van der Waals surface area (Å²) in [6, 6.07) is 6.28. The highest BCUT2D eigenvalue weighted by Crippen LogP contribution is 2.32. The van der Waals surface area contributed by atoms with Crippen molar-refractivity contribution in [2.75, 3.05) is 0 Å². The molecule has 0 aliphatic heterocycles. The van der Waals surface area contributed by atoms with Crippen LogP contribution < -0.4 is 0 Å². The van der Waals surface area contributed by atoms with Crippen molar-refractivity contribution in [3.05, 3.63) is 47.7 Å². The molecule has 0 aliphatic rings. The fourth-order valence-corrected chi connectivity index (χ4v) is 2.25. The summed E-state index contributed by atoms with van der Waals surface area (Å²) in [6.07, 6.45) is -2.92. The van der Waals surface area contributed by atoms with Crippen LogP contribution in [0.4, 0.5) is 13.2 Å². The molecule has 0 spiro atoms. The Morgan fingerprint density at radius 3 is 2.45 bits per heavy atom. The maximum absolute atomic E-state index is 12.6. The zero-order valence-electron chi connectivity index (χ0n) is 11.8. The Morgan fingerprint density at radius 2 is 1.86 bits per heavy atom. The Labute approximate surface area is 124 Å². The van der Waals surface area contributed by atoms with Gasteiger partial charge in [0.05, 0.1) is 5.69 Å². The molecule has 3 rings (SSSR count). The van der Waals surface area contributed by atoms with Crippen molar-refractivity contribution in [1.82, 2.24) is 15.2 Å². The van der Waals surface area contributed by atoms with Crippen LogP contribution >= 0.6 is 0 Å². The van der Waals surface area contributed by atoms with E-state index >= 15 is 0 Å². The van der Waals surface area contributed by atoms with Crippen molar-refractivity contribution in [3.8, 4) is 22.5 Å². The van der Waals surface area contributed by atoms with Crippen LogP contribution in [0.2, 0.25) is 0 Å².